The number of hydrogen-bond acceptors (Lipinski definition) is 5. The van der Waals surface area contributed by atoms with Crippen molar-refractivity contribution in [1.82, 2.24) is 15.1 Å². The summed E-state index contributed by atoms with van der Waals surface area (Å²) in [5.74, 6) is 2.28. The number of guanidine groups is 1. The number of piperazine rings is 1. The molecule has 0 bridgehead atoms. The van der Waals surface area contributed by atoms with Gasteiger partial charge in [-0.15, -0.1) is 24.0 Å². The second-order valence-corrected chi connectivity index (χ2v) is 8.16. The van der Waals surface area contributed by atoms with Gasteiger partial charge in [0.05, 0.1) is 13.2 Å². The largest absolute Gasteiger partial charge is 0.490 e. The Hall–Kier alpha value is -2.04. The van der Waals surface area contributed by atoms with E-state index in [1.807, 2.05) is 18.2 Å². The Balaban J connectivity index is 0.00000289. The average Bonchev–Trinajstić information content (AvgIpc) is 3.04. The molecule has 174 valence electrons. The van der Waals surface area contributed by atoms with Gasteiger partial charge in [0.2, 0.25) is 0 Å². The Labute approximate surface area is 208 Å². The minimum Gasteiger partial charge on any atom is -0.490 e. The first-order valence-electron chi connectivity index (χ1n) is 11.1. The highest BCUT2D eigenvalue weighted by molar-refractivity contribution is 14.0. The number of aliphatic imine (C=N–C) groups is 1. The molecule has 2 heterocycles. The normalized spacial score (nSPS) is 17.2. The number of hydrogen-bond donors (Lipinski definition) is 2. The first-order chi connectivity index (χ1) is 15.2. The number of benzene rings is 2. The van der Waals surface area contributed by atoms with Crippen molar-refractivity contribution in [1.29, 1.82) is 0 Å². The van der Waals surface area contributed by atoms with Crippen LogP contribution in [0, 0.1) is 0 Å². The van der Waals surface area contributed by atoms with E-state index in [9.17, 15) is 0 Å². The highest BCUT2D eigenvalue weighted by atomic mass is 127. The second kappa shape index (κ2) is 12.3. The summed E-state index contributed by atoms with van der Waals surface area (Å²) in [7, 11) is 3.97. The third-order valence-electron chi connectivity index (χ3n) is 5.72. The van der Waals surface area contributed by atoms with Crippen LogP contribution in [-0.2, 0) is 13.1 Å². The van der Waals surface area contributed by atoms with E-state index in [4.69, 9.17) is 9.47 Å². The molecule has 2 aromatic rings. The summed E-state index contributed by atoms with van der Waals surface area (Å²) >= 11 is 0. The molecule has 4 rings (SSSR count). The van der Waals surface area contributed by atoms with E-state index in [0.29, 0.717) is 19.8 Å². The first-order valence-corrected chi connectivity index (χ1v) is 11.1. The molecule has 0 unspecified atom stereocenters. The fourth-order valence-corrected chi connectivity index (χ4v) is 3.77. The van der Waals surface area contributed by atoms with E-state index in [-0.39, 0.29) is 24.0 Å². The maximum absolute atomic E-state index is 5.77. The maximum atomic E-state index is 5.77. The van der Waals surface area contributed by atoms with Crippen molar-refractivity contribution in [2.75, 3.05) is 58.8 Å². The molecule has 0 amide bonds. The third-order valence-corrected chi connectivity index (χ3v) is 5.72. The topological polar surface area (TPSA) is 61.4 Å². The molecule has 32 heavy (non-hydrogen) atoms. The number of fused-ring (bicyclic) bond motifs is 1. The lowest BCUT2D eigenvalue weighted by molar-refractivity contribution is 0.148. The Morgan fingerprint density at radius 3 is 2.34 bits per heavy atom. The van der Waals surface area contributed by atoms with E-state index >= 15 is 0 Å². The van der Waals surface area contributed by atoms with Gasteiger partial charge >= 0.3 is 0 Å². The fraction of sp³-hybridized carbons (Fsp3) is 0.458. The van der Waals surface area contributed by atoms with Gasteiger partial charge in [0.25, 0.3) is 0 Å². The van der Waals surface area contributed by atoms with Gasteiger partial charge in [-0.3, -0.25) is 9.89 Å². The summed E-state index contributed by atoms with van der Waals surface area (Å²) in [5, 5.41) is 6.71. The summed E-state index contributed by atoms with van der Waals surface area (Å²) in [4.78, 5) is 9.25. The van der Waals surface area contributed by atoms with Crippen molar-refractivity contribution >= 4 is 35.6 Å². The Kier molecular flexibility index (Phi) is 9.43. The van der Waals surface area contributed by atoms with Crippen LogP contribution >= 0.6 is 24.0 Å². The zero-order valence-electron chi connectivity index (χ0n) is 19.0. The van der Waals surface area contributed by atoms with Crippen molar-refractivity contribution in [2.24, 2.45) is 4.99 Å². The zero-order chi connectivity index (χ0) is 21.5. The lowest BCUT2D eigenvalue weighted by Crippen LogP contribution is -2.43. The molecule has 0 atom stereocenters. The summed E-state index contributed by atoms with van der Waals surface area (Å²) in [6.45, 7) is 7.68. The van der Waals surface area contributed by atoms with Crippen molar-refractivity contribution in [3.63, 3.8) is 0 Å². The molecule has 0 aromatic heterocycles. The number of anilines is 1. The number of halogens is 1. The molecule has 1 fully saturated rings. The SMILES string of the molecule is CN=C(NCc1ccc(CN2CCN(C)CC2)cc1)Nc1ccc2c(c1)OCCCO2.I. The number of ether oxygens (including phenoxy) is 2. The van der Waals surface area contributed by atoms with Gasteiger partial charge in [-0.2, -0.15) is 0 Å². The number of nitrogens with one attached hydrogen (secondary N) is 2. The van der Waals surface area contributed by atoms with Gasteiger partial charge in [0.15, 0.2) is 17.5 Å². The lowest BCUT2D eigenvalue weighted by atomic mass is 10.1. The van der Waals surface area contributed by atoms with E-state index in [2.05, 4.69) is 56.7 Å². The number of likely N-dealkylation sites (N-methyl/N-ethyl adjacent to an activating group) is 1. The molecular weight excluding hydrogens is 517 g/mol. The molecule has 0 spiro atoms. The quantitative estimate of drug-likeness (QED) is 0.338. The maximum Gasteiger partial charge on any atom is 0.195 e. The van der Waals surface area contributed by atoms with Crippen molar-refractivity contribution in [3.8, 4) is 11.5 Å². The van der Waals surface area contributed by atoms with Gasteiger partial charge in [0.1, 0.15) is 0 Å². The average molecular weight is 551 g/mol. The Morgan fingerprint density at radius 2 is 1.62 bits per heavy atom. The van der Waals surface area contributed by atoms with E-state index in [0.717, 1.165) is 62.3 Å². The predicted octanol–water partition coefficient (Wildman–Crippen LogP) is 3.40. The standard InChI is InChI=1S/C24H33N5O2.HI/c1-25-24(27-21-8-9-22-23(16-21)31-15-3-14-30-22)26-17-19-4-6-20(7-5-19)18-29-12-10-28(2)11-13-29;/h4-9,16H,3,10-15,17-18H2,1-2H3,(H2,25,26,27);1H. The third kappa shape index (κ3) is 6.98. The van der Waals surface area contributed by atoms with Crippen LogP contribution in [0.15, 0.2) is 47.5 Å². The van der Waals surface area contributed by atoms with Gasteiger partial charge in [-0.1, -0.05) is 24.3 Å². The van der Waals surface area contributed by atoms with Crippen LogP contribution in [0.5, 0.6) is 11.5 Å². The fourth-order valence-electron chi connectivity index (χ4n) is 3.77. The van der Waals surface area contributed by atoms with Crippen LogP contribution in [0.25, 0.3) is 0 Å². The molecule has 2 aliphatic heterocycles. The van der Waals surface area contributed by atoms with Crippen LogP contribution in [0.1, 0.15) is 17.5 Å². The van der Waals surface area contributed by atoms with Crippen LogP contribution in [0.3, 0.4) is 0 Å². The molecule has 0 radical (unpaired) electrons. The summed E-state index contributed by atoms with van der Waals surface area (Å²) in [5.41, 5.74) is 3.51. The molecule has 1 saturated heterocycles. The van der Waals surface area contributed by atoms with Crippen LogP contribution in [0.4, 0.5) is 5.69 Å². The van der Waals surface area contributed by atoms with E-state index in [1.165, 1.54) is 11.1 Å². The molecule has 2 N–H and O–H groups in total. The minimum absolute atomic E-state index is 0. The molecule has 0 aliphatic carbocycles. The van der Waals surface area contributed by atoms with Gasteiger partial charge in [0, 0.05) is 64.5 Å². The van der Waals surface area contributed by atoms with Crippen LogP contribution in [0.2, 0.25) is 0 Å². The van der Waals surface area contributed by atoms with Gasteiger partial charge in [-0.05, 0) is 30.3 Å². The van der Waals surface area contributed by atoms with Gasteiger partial charge < -0.3 is 25.0 Å². The molecule has 2 aliphatic rings. The Morgan fingerprint density at radius 1 is 0.938 bits per heavy atom. The summed E-state index contributed by atoms with van der Waals surface area (Å²) in [6, 6.07) is 14.7. The smallest absolute Gasteiger partial charge is 0.195 e. The van der Waals surface area contributed by atoms with Crippen molar-refractivity contribution < 1.29 is 9.47 Å². The van der Waals surface area contributed by atoms with E-state index < -0.39 is 0 Å². The van der Waals surface area contributed by atoms with Crippen LogP contribution < -0.4 is 20.1 Å². The van der Waals surface area contributed by atoms with Crippen molar-refractivity contribution in [2.45, 2.75) is 19.5 Å². The molecule has 2 aromatic carbocycles. The highest BCUT2D eigenvalue weighted by Crippen LogP contribution is 2.32. The molecule has 7 nitrogen and oxygen atoms in total. The zero-order valence-corrected chi connectivity index (χ0v) is 21.3. The number of rotatable bonds is 5. The lowest BCUT2D eigenvalue weighted by Gasteiger charge is -2.32. The van der Waals surface area contributed by atoms with Crippen molar-refractivity contribution in [3.05, 3.63) is 53.6 Å². The molecule has 8 heteroatoms. The summed E-state index contributed by atoms with van der Waals surface area (Å²) in [6.07, 6.45) is 0.898. The second-order valence-electron chi connectivity index (χ2n) is 8.16. The summed E-state index contributed by atoms with van der Waals surface area (Å²) < 4.78 is 11.5. The first kappa shape index (κ1) is 24.6. The number of nitrogens with zero attached hydrogens (tertiary/aromatic N) is 3. The minimum atomic E-state index is 0. The van der Waals surface area contributed by atoms with Crippen LogP contribution in [-0.4, -0.2) is 69.2 Å². The monoisotopic (exact) mass is 551 g/mol. The molecular formula is C24H34IN5O2. The molecule has 0 saturated carbocycles. The predicted molar refractivity (Wildman–Crippen MR) is 141 cm³/mol. The van der Waals surface area contributed by atoms with Gasteiger partial charge in [-0.25, -0.2) is 0 Å². The highest BCUT2D eigenvalue weighted by Gasteiger charge is 2.14. The Bertz CT molecular complexity index is 882. The van der Waals surface area contributed by atoms with E-state index in [1.54, 1.807) is 7.05 Å².